The number of rotatable bonds is 7. The van der Waals surface area contributed by atoms with Crippen molar-refractivity contribution in [3.8, 4) is 0 Å². The summed E-state index contributed by atoms with van der Waals surface area (Å²) in [5, 5.41) is 5.45. The van der Waals surface area contributed by atoms with E-state index in [0.29, 0.717) is 23.9 Å². The zero-order valence-electron chi connectivity index (χ0n) is 18.6. The Morgan fingerprint density at radius 1 is 1.03 bits per heavy atom. The van der Waals surface area contributed by atoms with E-state index in [2.05, 4.69) is 15.6 Å². The molecule has 0 spiro atoms. The summed E-state index contributed by atoms with van der Waals surface area (Å²) in [6.07, 6.45) is 5.67. The smallest absolute Gasteiger partial charge is 0.305 e. The van der Waals surface area contributed by atoms with Gasteiger partial charge in [0.05, 0.1) is 7.11 Å². The number of amides is 1. The minimum Gasteiger partial charge on any atom is -0.469 e. The molecule has 7 nitrogen and oxygen atoms in total. The van der Waals surface area contributed by atoms with Crippen LogP contribution in [0.3, 0.4) is 0 Å². The predicted octanol–water partition coefficient (Wildman–Crippen LogP) is 5.79. The molecule has 4 rings (SSSR count). The van der Waals surface area contributed by atoms with Gasteiger partial charge in [-0.25, -0.2) is 8.78 Å². The van der Waals surface area contributed by atoms with E-state index in [1.807, 2.05) is 24.3 Å². The molecule has 0 bridgehead atoms. The number of esters is 1. The summed E-state index contributed by atoms with van der Waals surface area (Å²) in [5.41, 5.74) is 2.10. The van der Waals surface area contributed by atoms with E-state index in [1.165, 1.54) is 25.0 Å². The van der Waals surface area contributed by atoms with Gasteiger partial charge in [0.2, 0.25) is 0 Å². The van der Waals surface area contributed by atoms with Crippen LogP contribution in [-0.4, -0.2) is 24.0 Å². The SMILES string of the molecule is COC(=O)CC1CCC(c2ccc(NC(=O)c3coc(Nc4ccc(F)c(F)c4)n3)cc2)CC1. The molecule has 2 aromatic carbocycles. The number of nitrogens with zero attached hydrogens (tertiary/aromatic N) is 1. The average molecular weight is 469 g/mol. The lowest BCUT2D eigenvalue weighted by Crippen LogP contribution is -2.17. The van der Waals surface area contributed by atoms with Crippen LogP contribution in [0, 0.1) is 17.6 Å². The van der Waals surface area contributed by atoms with Gasteiger partial charge in [-0.2, -0.15) is 4.98 Å². The van der Waals surface area contributed by atoms with Crippen molar-refractivity contribution < 1.29 is 27.5 Å². The van der Waals surface area contributed by atoms with Crippen molar-refractivity contribution in [1.82, 2.24) is 4.98 Å². The van der Waals surface area contributed by atoms with E-state index in [4.69, 9.17) is 9.15 Å². The molecule has 0 atom stereocenters. The Kier molecular flexibility index (Phi) is 7.20. The standard InChI is InChI=1S/C25H25F2N3O4/c1-33-23(31)12-15-2-4-16(5-3-15)17-6-8-18(9-7-17)28-24(32)22-14-34-25(30-22)29-19-10-11-20(26)21(27)13-19/h6-11,13-16H,2-5,12H2,1H3,(H,28,32)(H,29,30). The first-order valence-corrected chi connectivity index (χ1v) is 11.1. The van der Waals surface area contributed by atoms with Gasteiger partial charge >= 0.3 is 5.97 Å². The van der Waals surface area contributed by atoms with E-state index in [-0.39, 0.29) is 23.4 Å². The number of carbonyl (C=O) groups is 2. The third-order valence-corrected chi connectivity index (χ3v) is 6.08. The second-order valence-corrected chi connectivity index (χ2v) is 8.37. The van der Waals surface area contributed by atoms with Gasteiger partial charge in [0.15, 0.2) is 17.3 Å². The topological polar surface area (TPSA) is 93.5 Å². The highest BCUT2D eigenvalue weighted by atomic mass is 19.2. The van der Waals surface area contributed by atoms with E-state index >= 15 is 0 Å². The van der Waals surface area contributed by atoms with Crippen molar-refractivity contribution in [2.24, 2.45) is 5.92 Å². The number of ether oxygens (including phenoxy) is 1. The molecule has 1 heterocycles. The van der Waals surface area contributed by atoms with Gasteiger partial charge in [0.25, 0.3) is 11.9 Å². The molecule has 1 aliphatic rings. The Morgan fingerprint density at radius 3 is 2.41 bits per heavy atom. The Labute approximate surface area is 195 Å². The van der Waals surface area contributed by atoms with E-state index in [1.54, 1.807) is 0 Å². The van der Waals surface area contributed by atoms with Crippen LogP contribution >= 0.6 is 0 Å². The molecular formula is C25H25F2N3O4. The summed E-state index contributed by atoms with van der Waals surface area (Å²) >= 11 is 0. The van der Waals surface area contributed by atoms with Crippen LogP contribution in [0.5, 0.6) is 0 Å². The third kappa shape index (κ3) is 5.78. The van der Waals surface area contributed by atoms with Crippen molar-refractivity contribution in [2.75, 3.05) is 17.7 Å². The highest BCUT2D eigenvalue weighted by molar-refractivity contribution is 6.02. The number of hydrogen-bond donors (Lipinski definition) is 2. The maximum Gasteiger partial charge on any atom is 0.305 e. The monoisotopic (exact) mass is 469 g/mol. The first-order valence-electron chi connectivity index (χ1n) is 11.1. The Balaban J connectivity index is 1.30. The van der Waals surface area contributed by atoms with Crippen LogP contribution in [0.2, 0.25) is 0 Å². The highest BCUT2D eigenvalue weighted by Crippen LogP contribution is 2.37. The van der Waals surface area contributed by atoms with Crippen LogP contribution in [-0.2, 0) is 9.53 Å². The fraction of sp³-hybridized carbons (Fsp3) is 0.320. The second kappa shape index (κ2) is 10.5. The molecule has 2 N–H and O–H groups in total. The normalized spacial score (nSPS) is 17.7. The van der Waals surface area contributed by atoms with Gasteiger partial charge in [0.1, 0.15) is 6.26 Å². The third-order valence-electron chi connectivity index (χ3n) is 6.08. The van der Waals surface area contributed by atoms with Crippen molar-refractivity contribution in [3.63, 3.8) is 0 Å². The van der Waals surface area contributed by atoms with E-state index in [0.717, 1.165) is 37.8 Å². The quantitative estimate of drug-likeness (QED) is 0.426. The molecule has 1 saturated carbocycles. The number of halogens is 2. The number of anilines is 3. The highest BCUT2D eigenvalue weighted by Gasteiger charge is 2.24. The molecule has 34 heavy (non-hydrogen) atoms. The lowest BCUT2D eigenvalue weighted by molar-refractivity contribution is -0.142. The summed E-state index contributed by atoms with van der Waals surface area (Å²) < 4.78 is 36.3. The van der Waals surface area contributed by atoms with Crippen LogP contribution in [0.4, 0.5) is 26.2 Å². The molecule has 0 radical (unpaired) electrons. The Morgan fingerprint density at radius 2 is 1.74 bits per heavy atom. The van der Waals surface area contributed by atoms with Gasteiger partial charge in [-0.05, 0) is 67.3 Å². The van der Waals surface area contributed by atoms with E-state index < -0.39 is 17.5 Å². The molecule has 1 aliphatic carbocycles. The maximum atomic E-state index is 13.3. The molecule has 1 amide bonds. The van der Waals surface area contributed by atoms with Gasteiger partial charge < -0.3 is 19.8 Å². The lowest BCUT2D eigenvalue weighted by Gasteiger charge is -2.28. The van der Waals surface area contributed by atoms with Gasteiger partial charge in [-0.1, -0.05) is 12.1 Å². The van der Waals surface area contributed by atoms with Crippen LogP contribution in [0.25, 0.3) is 0 Å². The van der Waals surface area contributed by atoms with Gasteiger partial charge in [0, 0.05) is 23.9 Å². The first kappa shape index (κ1) is 23.4. The second-order valence-electron chi connectivity index (χ2n) is 8.37. The largest absolute Gasteiger partial charge is 0.469 e. The fourth-order valence-electron chi connectivity index (χ4n) is 4.19. The number of aromatic nitrogens is 1. The molecule has 1 fully saturated rings. The van der Waals surface area contributed by atoms with E-state index in [9.17, 15) is 18.4 Å². The summed E-state index contributed by atoms with van der Waals surface area (Å²) in [7, 11) is 1.42. The van der Waals surface area contributed by atoms with Crippen molar-refractivity contribution in [2.45, 2.75) is 38.0 Å². The lowest BCUT2D eigenvalue weighted by atomic mass is 9.77. The summed E-state index contributed by atoms with van der Waals surface area (Å²) in [6.45, 7) is 0. The molecule has 0 saturated heterocycles. The summed E-state index contributed by atoms with van der Waals surface area (Å²) in [6, 6.07) is 10.9. The number of hydrogen-bond acceptors (Lipinski definition) is 6. The van der Waals surface area contributed by atoms with Gasteiger partial charge in [-0.15, -0.1) is 0 Å². The minimum atomic E-state index is -1.01. The molecule has 178 valence electrons. The predicted molar refractivity (Wildman–Crippen MR) is 122 cm³/mol. The number of nitrogens with one attached hydrogen (secondary N) is 2. The summed E-state index contributed by atoms with van der Waals surface area (Å²) in [5.74, 6) is -1.77. The molecule has 0 aliphatic heterocycles. The van der Waals surface area contributed by atoms with Crippen molar-refractivity contribution >= 4 is 29.3 Å². The maximum absolute atomic E-state index is 13.3. The zero-order valence-corrected chi connectivity index (χ0v) is 18.6. The first-order chi connectivity index (χ1) is 16.4. The minimum absolute atomic E-state index is 0.0192. The van der Waals surface area contributed by atoms with Crippen LogP contribution in [0.15, 0.2) is 53.1 Å². The van der Waals surface area contributed by atoms with Crippen LogP contribution in [0.1, 0.15) is 54.1 Å². The number of methoxy groups -OCH3 is 1. The van der Waals surface area contributed by atoms with Gasteiger partial charge in [-0.3, -0.25) is 9.59 Å². The number of carbonyl (C=O) groups excluding carboxylic acids is 2. The zero-order chi connectivity index (χ0) is 24.1. The summed E-state index contributed by atoms with van der Waals surface area (Å²) in [4.78, 5) is 28.0. The Hall–Kier alpha value is -3.75. The fourth-order valence-corrected chi connectivity index (χ4v) is 4.19. The average Bonchev–Trinajstić information content (AvgIpc) is 3.31. The Bertz CT molecular complexity index is 1160. The van der Waals surface area contributed by atoms with Crippen LogP contribution < -0.4 is 10.6 Å². The molecule has 9 heteroatoms. The molecular weight excluding hydrogens is 444 g/mol. The molecule has 3 aromatic rings. The van der Waals surface area contributed by atoms with Crippen molar-refractivity contribution in [3.05, 3.63) is 71.6 Å². The molecule has 0 unspecified atom stereocenters. The molecule has 1 aromatic heterocycles. The number of benzene rings is 2. The van der Waals surface area contributed by atoms with Crippen molar-refractivity contribution in [1.29, 1.82) is 0 Å². The number of oxazole rings is 1.